The lowest BCUT2D eigenvalue weighted by molar-refractivity contribution is -0.119. The topological polar surface area (TPSA) is 26.3 Å². The molecule has 0 N–H and O–H groups in total. The Morgan fingerprint density at radius 3 is 2.62 bits per heavy atom. The van der Waals surface area contributed by atoms with Crippen LogP contribution in [0, 0.1) is 0 Å². The summed E-state index contributed by atoms with van der Waals surface area (Å²) in [5.41, 5.74) is 1.21. The van der Waals surface area contributed by atoms with E-state index in [-0.39, 0.29) is 0 Å². The van der Waals surface area contributed by atoms with Gasteiger partial charge in [-0.05, 0) is 24.8 Å². The maximum Gasteiger partial charge on any atom is 0.132 e. The number of carbonyl (C=O) groups excluding carboxylic acids is 1. The van der Waals surface area contributed by atoms with Gasteiger partial charge in [0.15, 0.2) is 0 Å². The van der Waals surface area contributed by atoms with Gasteiger partial charge in [0.05, 0.1) is 11.2 Å². The quantitative estimate of drug-likeness (QED) is 0.591. The number of unbranched alkanes of at least 4 members (excludes halogenated alkanes) is 1. The molecule has 1 heterocycles. The van der Waals surface area contributed by atoms with Crippen molar-refractivity contribution in [2.24, 2.45) is 0 Å². The lowest BCUT2D eigenvalue weighted by atomic mass is 10.1. The van der Waals surface area contributed by atoms with E-state index in [1.54, 1.807) is 0 Å². The Morgan fingerprint density at radius 1 is 1.10 bits per heavy atom. The Hall–Kier alpha value is -0.450. The zero-order valence-corrected chi connectivity index (χ0v) is 14.1. The summed E-state index contributed by atoms with van der Waals surface area (Å²) in [6.45, 7) is 1.42. The second kappa shape index (κ2) is 10.3. The average Bonchev–Trinajstić information content (AvgIpc) is 3.03. The van der Waals surface area contributed by atoms with Gasteiger partial charge in [0.25, 0.3) is 0 Å². The van der Waals surface area contributed by atoms with Crippen molar-refractivity contribution in [2.75, 3.05) is 18.1 Å². The SMILES string of the molecule is O=C(CCCCOCc1ccccc1)CCC1SCCS1. The highest BCUT2D eigenvalue weighted by Gasteiger charge is 2.16. The van der Waals surface area contributed by atoms with E-state index >= 15 is 0 Å². The number of thioether (sulfide) groups is 2. The number of rotatable bonds is 10. The van der Waals surface area contributed by atoms with Crippen LogP contribution < -0.4 is 0 Å². The molecular weight excluding hydrogens is 300 g/mol. The Labute approximate surface area is 136 Å². The summed E-state index contributed by atoms with van der Waals surface area (Å²) >= 11 is 4.02. The van der Waals surface area contributed by atoms with Crippen LogP contribution in [0.5, 0.6) is 0 Å². The second-order valence-electron chi connectivity index (χ2n) is 5.24. The Kier molecular flexibility index (Phi) is 8.30. The van der Waals surface area contributed by atoms with Crippen molar-refractivity contribution >= 4 is 29.3 Å². The van der Waals surface area contributed by atoms with Crippen LogP contribution in [-0.4, -0.2) is 28.5 Å². The lowest BCUT2D eigenvalue weighted by Gasteiger charge is -2.07. The molecule has 0 radical (unpaired) electrons. The number of carbonyl (C=O) groups is 1. The molecule has 0 amide bonds. The molecular formula is C17H24O2S2. The predicted octanol–water partition coefficient (Wildman–Crippen LogP) is 4.53. The summed E-state index contributed by atoms with van der Waals surface area (Å²) in [5, 5.41) is 0. The Balaban J connectivity index is 1.43. The number of hydrogen-bond acceptors (Lipinski definition) is 4. The molecule has 4 heteroatoms. The van der Waals surface area contributed by atoms with Crippen LogP contribution in [0.15, 0.2) is 30.3 Å². The van der Waals surface area contributed by atoms with Crippen LogP contribution in [0.1, 0.15) is 37.7 Å². The van der Waals surface area contributed by atoms with Crippen molar-refractivity contribution in [3.05, 3.63) is 35.9 Å². The van der Waals surface area contributed by atoms with Gasteiger partial charge in [-0.3, -0.25) is 4.79 Å². The van der Waals surface area contributed by atoms with E-state index in [1.165, 1.54) is 17.1 Å². The molecule has 116 valence electrons. The van der Waals surface area contributed by atoms with E-state index in [0.717, 1.165) is 38.7 Å². The van der Waals surface area contributed by atoms with Gasteiger partial charge in [-0.1, -0.05) is 30.3 Å². The smallest absolute Gasteiger partial charge is 0.132 e. The van der Waals surface area contributed by atoms with Crippen molar-refractivity contribution in [3.8, 4) is 0 Å². The van der Waals surface area contributed by atoms with Crippen LogP contribution in [0.25, 0.3) is 0 Å². The predicted molar refractivity (Wildman–Crippen MR) is 92.9 cm³/mol. The maximum atomic E-state index is 11.8. The van der Waals surface area contributed by atoms with E-state index in [1.807, 2.05) is 41.7 Å². The van der Waals surface area contributed by atoms with Gasteiger partial charge in [0, 0.05) is 31.0 Å². The first-order valence-electron chi connectivity index (χ1n) is 7.71. The van der Waals surface area contributed by atoms with Crippen molar-refractivity contribution < 1.29 is 9.53 Å². The van der Waals surface area contributed by atoms with Gasteiger partial charge < -0.3 is 4.74 Å². The summed E-state index contributed by atoms with van der Waals surface area (Å²) in [4.78, 5) is 11.8. The van der Waals surface area contributed by atoms with Gasteiger partial charge in [-0.15, -0.1) is 23.5 Å². The molecule has 0 spiro atoms. The molecule has 1 aliphatic rings. The summed E-state index contributed by atoms with van der Waals surface area (Å²) in [5.74, 6) is 2.93. The third-order valence-electron chi connectivity index (χ3n) is 3.46. The number of hydrogen-bond donors (Lipinski definition) is 0. The van der Waals surface area contributed by atoms with Crippen molar-refractivity contribution in [1.82, 2.24) is 0 Å². The molecule has 1 aromatic rings. The highest BCUT2D eigenvalue weighted by atomic mass is 32.2. The average molecular weight is 325 g/mol. The van der Waals surface area contributed by atoms with Gasteiger partial charge in [-0.25, -0.2) is 0 Å². The standard InChI is InChI=1S/C17H24O2S2/c18-16(9-10-17-20-12-13-21-17)8-4-5-11-19-14-15-6-2-1-3-7-15/h1-3,6-7,17H,4-5,8-14H2. The Bertz CT molecular complexity index is 403. The zero-order valence-electron chi connectivity index (χ0n) is 12.5. The van der Waals surface area contributed by atoms with E-state index < -0.39 is 0 Å². The van der Waals surface area contributed by atoms with Crippen LogP contribution in [-0.2, 0) is 16.1 Å². The van der Waals surface area contributed by atoms with Crippen molar-refractivity contribution in [1.29, 1.82) is 0 Å². The first-order valence-corrected chi connectivity index (χ1v) is 9.81. The summed E-state index contributed by atoms with van der Waals surface area (Å²) in [7, 11) is 0. The van der Waals surface area contributed by atoms with E-state index in [9.17, 15) is 4.79 Å². The van der Waals surface area contributed by atoms with Crippen molar-refractivity contribution in [2.45, 2.75) is 43.3 Å². The highest BCUT2D eigenvalue weighted by Crippen LogP contribution is 2.35. The number of ether oxygens (including phenoxy) is 1. The molecule has 0 aromatic heterocycles. The second-order valence-corrected chi connectivity index (χ2v) is 8.16. The molecule has 1 aliphatic heterocycles. The fourth-order valence-corrected chi connectivity index (χ4v) is 5.10. The first-order chi connectivity index (χ1) is 10.3. The number of Topliss-reactive ketones (excluding diaryl/α,β-unsaturated/α-hetero) is 1. The van der Waals surface area contributed by atoms with Gasteiger partial charge >= 0.3 is 0 Å². The van der Waals surface area contributed by atoms with Crippen molar-refractivity contribution in [3.63, 3.8) is 0 Å². The van der Waals surface area contributed by atoms with Crippen LogP contribution in [0.3, 0.4) is 0 Å². The van der Waals surface area contributed by atoms with Crippen LogP contribution in [0.4, 0.5) is 0 Å². The molecule has 0 saturated carbocycles. The van der Waals surface area contributed by atoms with Crippen LogP contribution in [0.2, 0.25) is 0 Å². The summed E-state index contributed by atoms with van der Waals surface area (Å²) in [6, 6.07) is 10.2. The third-order valence-corrected chi connectivity index (χ3v) is 6.63. The van der Waals surface area contributed by atoms with Crippen LogP contribution >= 0.6 is 23.5 Å². The molecule has 1 fully saturated rings. The van der Waals surface area contributed by atoms with Gasteiger partial charge in [-0.2, -0.15) is 0 Å². The number of benzene rings is 1. The van der Waals surface area contributed by atoms with E-state index in [2.05, 4.69) is 12.1 Å². The lowest BCUT2D eigenvalue weighted by Crippen LogP contribution is -2.03. The summed E-state index contributed by atoms with van der Waals surface area (Å²) < 4.78 is 6.29. The molecule has 21 heavy (non-hydrogen) atoms. The number of ketones is 1. The molecule has 2 nitrogen and oxygen atoms in total. The first kappa shape index (κ1) is 16.9. The Morgan fingerprint density at radius 2 is 1.86 bits per heavy atom. The molecule has 2 rings (SSSR count). The van der Waals surface area contributed by atoms with Gasteiger partial charge in [0.1, 0.15) is 5.78 Å². The monoisotopic (exact) mass is 324 g/mol. The highest BCUT2D eigenvalue weighted by molar-refractivity contribution is 8.20. The molecule has 0 bridgehead atoms. The normalized spacial score (nSPS) is 15.4. The summed E-state index contributed by atoms with van der Waals surface area (Å²) in [6.07, 6.45) is 4.47. The fourth-order valence-electron chi connectivity index (χ4n) is 2.27. The maximum absolute atomic E-state index is 11.8. The molecule has 0 unspecified atom stereocenters. The minimum Gasteiger partial charge on any atom is -0.377 e. The molecule has 1 saturated heterocycles. The fraction of sp³-hybridized carbons (Fsp3) is 0.588. The largest absolute Gasteiger partial charge is 0.377 e. The molecule has 0 atom stereocenters. The van der Waals surface area contributed by atoms with E-state index in [4.69, 9.17) is 4.74 Å². The van der Waals surface area contributed by atoms with Gasteiger partial charge in [0.2, 0.25) is 0 Å². The third kappa shape index (κ3) is 7.39. The minimum atomic E-state index is 0.422. The zero-order chi connectivity index (χ0) is 14.8. The molecule has 1 aromatic carbocycles. The molecule has 0 aliphatic carbocycles. The minimum absolute atomic E-state index is 0.422. The van der Waals surface area contributed by atoms with E-state index in [0.29, 0.717) is 17.0 Å².